The highest BCUT2D eigenvalue weighted by molar-refractivity contribution is 8.15. The maximum Gasteiger partial charge on any atom is 0.248 e. The Bertz CT molecular complexity index is 1050. The average molecular weight is 445 g/mol. The van der Waals surface area contributed by atoms with E-state index in [9.17, 15) is 13.2 Å². The largest absolute Gasteiger partial charge is 0.497 e. The van der Waals surface area contributed by atoms with Gasteiger partial charge < -0.3 is 9.64 Å². The van der Waals surface area contributed by atoms with Crippen LogP contribution in [0.1, 0.15) is 17.5 Å². The molecule has 0 unspecified atom stereocenters. The van der Waals surface area contributed by atoms with Crippen molar-refractivity contribution in [3.8, 4) is 5.75 Å². The Kier molecular flexibility index (Phi) is 6.15. The first kappa shape index (κ1) is 20.9. The van der Waals surface area contributed by atoms with Gasteiger partial charge in [-0.25, -0.2) is 8.42 Å². The van der Waals surface area contributed by atoms with Crippen LogP contribution in [-0.2, 0) is 27.6 Å². The van der Waals surface area contributed by atoms with Crippen LogP contribution in [0.5, 0.6) is 5.75 Å². The number of aryl methyl sites for hydroxylation is 1. The molecule has 0 N–H and O–H groups in total. The van der Waals surface area contributed by atoms with Crippen LogP contribution in [0.2, 0.25) is 0 Å². The number of benzene rings is 2. The van der Waals surface area contributed by atoms with Crippen molar-refractivity contribution in [2.24, 2.45) is 4.99 Å². The number of thioether (sulfide) groups is 1. The first-order valence-corrected chi connectivity index (χ1v) is 12.6. The second-order valence-corrected chi connectivity index (χ2v) is 10.9. The molecule has 0 aliphatic carbocycles. The third-order valence-electron chi connectivity index (χ3n) is 5.35. The molecule has 1 amide bonds. The molecule has 2 atom stereocenters. The number of rotatable bonds is 6. The first-order chi connectivity index (χ1) is 14.4. The van der Waals surface area contributed by atoms with Crippen LogP contribution in [0.25, 0.3) is 0 Å². The minimum absolute atomic E-state index is 0.0821. The van der Waals surface area contributed by atoms with E-state index in [1.54, 1.807) is 7.11 Å². The summed E-state index contributed by atoms with van der Waals surface area (Å²) in [5.74, 6) is 0.798. The van der Waals surface area contributed by atoms with Crippen molar-refractivity contribution in [1.29, 1.82) is 0 Å². The van der Waals surface area contributed by atoms with Crippen molar-refractivity contribution in [1.82, 2.24) is 4.90 Å². The fourth-order valence-electron chi connectivity index (χ4n) is 3.85. The van der Waals surface area contributed by atoms with Gasteiger partial charge in [0.1, 0.15) is 5.75 Å². The van der Waals surface area contributed by atoms with Crippen LogP contribution < -0.4 is 4.74 Å². The number of hydrogen-bond acceptors (Lipinski definition) is 5. The zero-order valence-electron chi connectivity index (χ0n) is 16.7. The number of amidine groups is 1. The van der Waals surface area contributed by atoms with Crippen LogP contribution in [0.3, 0.4) is 0 Å². The van der Waals surface area contributed by atoms with Gasteiger partial charge in [-0.2, -0.15) is 4.99 Å². The van der Waals surface area contributed by atoms with Crippen molar-refractivity contribution in [2.75, 3.05) is 18.6 Å². The third-order valence-corrected chi connectivity index (χ3v) is 8.60. The molecule has 2 aromatic rings. The van der Waals surface area contributed by atoms with E-state index in [0.29, 0.717) is 24.6 Å². The maximum atomic E-state index is 12.6. The Labute approximate surface area is 181 Å². The lowest BCUT2D eigenvalue weighted by molar-refractivity contribution is -0.117. The molecule has 2 aliphatic heterocycles. The van der Waals surface area contributed by atoms with E-state index in [1.165, 1.54) is 11.8 Å². The fourth-order valence-corrected chi connectivity index (χ4v) is 7.81. The fraction of sp³-hybridized carbons (Fsp3) is 0.364. The number of aliphatic imine (C=N–C) groups is 1. The van der Waals surface area contributed by atoms with Crippen molar-refractivity contribution in [3.63, 3.8) is 0 Å². The summed E-state index contributed by atoms with van der Waals surface area (Å²) in [7, 11) is -1.46. The number of carbonyl (C=O) groups is 1. The van der Waals surface area contributed by atoms with E-state index < -0.39 is 9.84 Å². The lowest BCUT2D eigenvalue weighted by atomic mass is 10.1. The number of methoxy groups -OCH3 is 1. The summed E-state index contributed by atoms with van der Waals surface area (Å²) in [4.78, 5) is 18.9. The molecule has 0 bridgehead atoms. The number of ether oxygens (including phenoxy) is 1. The van der Waals surface area contributed by atoms with E-state index in [0.717, 1.165) is 16.9 Å². The van der Waals surface area contributed by atoms with Crippen LogP contribution >= 0.6 is 11.8 Å². The van der Waals surface area contributed by atoms with Gasteiger partial charge in [0.2, 0.25) is 5.91 Å². The average Bonchev–Trinajstić information content (AvgIpc) is 3.19. The Morgan fingerprint density at radius 3 is 2.67 bits per heavy atom. The third kappa shape index (κ3) is 4.87. The summed E-state index contributed by atoms with van der Waals surface area (Å²) in [5.41, 5.74) is 2.09. The number of amides is 1. The van der Waals surface area contributed by atoms with Crippen molar-refractivity contribution < 1.29 is 17.9 Å². The standard InChI is InChI=1S/C22H24N2O4S2/c1-28-18-9-5-8-17(12-18)13-24-19-14-30(26,27)15-20(19)29-22(24)23-21(25)11-10-16-6-3-2-4-7-16/h2-9,12,19-20H,10-11,13-15H2,1H3/t19-,20+/m1/s1. The molecule has 4 rings (SSSR count). The predicted molar refractivity (Wildman–Crippen MR) is 120 cm³/mol. The number of fused-ring (bicyclic) bond motifs is 1. The molecule has 0 radical (unpaired) electrons. The predicted octanol–water partition coefficient (Wildman–Crippen LogP) is 2.93. The number of sulfone groups is 1. The number of hydrogen-bond donors (Lipinski definition) is 0. The Morgan fingerprint density at radius 1 is 1.13 bits per heavy atom. The molecule has 8 heteroatoms. The number of carbonyl (C=O) groups excluding carboxylic acids is 1. The molecule has 2 heterocycles. The molecule has 0 saturated carbocycles. The highest BCUT2D eigenvalue weighted by Gasteiger charge is 2.48. The molecular weight excluding hydrogens is 420 g/mol. The zero-order valence-corrected chi connectivity index (χ0v) is 18.4. The monoisotopic (exact) mass is 444 g/mol. The molecule has 2 fully saturated rings. The molecule has 30 heavy (non-hydrogen) atoms. The van der Waals surface area contributed by atoms with E-state index >= 15 is 0 Å². The van der Waals surface area contributed by atoms with Crippen LogP contribution in [0.4, 0.5) is 0 Å². The lowest BCUT2D eigenvalue weighted by Gasteiger charge is -2.24. The molecular formula is C22H24N2O4S2. The minimum atomic E-state index is -3.07. The van der Waals surface area contributed by atoms with Gasteiger partial charge in [-0.3, -0.25) is 4.79 Å². The van der Waals surface area contributed by atoms with Gasteiger partial charge >= 0.3 is 0 Å². The van der Waals surface area contributed by atoms with Crippen molar-refractivity contribution in [2.45, 2.75) is 30.7 Å². The molecule has 0 spiro atoms. The van der Waals surface area contributed by atoms with Crippen LogP contribution in [-0.4, -0.2) is 54.3 Å². The van der Waals surface area contributed by atoms with Crippen molar-refractivity contribution in [3.05, 3.63) is 65.7 Å². The van der Waals surface area contributed by atoms with E-state index in [2.05, 4.69) is 4.99 Å². The van der Waals surface area contributed by atoms with Crippen LogP contribution in [0, 0.1) is 0 Å². The zero-order chi connectivity index (χ0) is 21.1. The Balaban J connectivity index is 1.52. The second-order valence-electron chi connectivity index (χ2n) is 7.55. The van der Waals surface area contributed by atoms with E-state index in [1.807, 2.05) is 59.5 Å². The molecule has 158 valence electrons. The van der Waals surface area contributed by atoms with Gasteiger partial charge in [-0.15, -0.1) is 0 Å². The SMILES string of the molecule is COc1cccc(CN2C(=NC(=O)CCc3ccccc3)S[C@H]3CS(=O)(=O)C[C@H]32)c1. The summed E-state index contributed by atoms with van der Waals surface area (Å²) >= 11 is 1.42. The number of nitrogens with zero attached hydrogens (tertiary/aromatic N) is 2. The van der Waals surface area contributed by atoms with Gasteiger partial charge in [-0.05, 0) is 29.7 Å². The van der Waals surface area contributed by atoms with E-state index in [4.69, 9.17) is 4.74 Å². The normalized spacial score (nSPS) is 23.5. The summed E-state index contributed by atoms with van der Waals surface area (Å²) in [6, 6.07) is 17.4. The molecule has 6 nitrogen and oxygen atoms in total. The topological polar surface area (TPSA) is 76.0 Å². The molecule has 2 aromatic carbocycles. The summed E-state index contributed by atoms with van der Waals surface area (Å²) in [6.45, 7) is 0.492. The summed E-state index contributed by atoms with van der Waals surface area (Å²) in [6.07, 6.45) is 0.965. The Morgan fingerprint density at radius 2 is 1.90 bits per heavy atom. The summed E-state index contributed by atoms with van der Waals surface area (Å²) < 4.78 is 29.6. The van der Waals surface area contributed by atoms with Gasteiger partial charge in [0.25, 0.3) is 0 Å². The van der Waals surface area contributed by atoms with Crippen molar-refractivity contribution >= 4 is 32.7 Å². The van der Waals surface area contributed by atoms with E-state index in [-0.39, 0.29) is 28.7 Å². The molecule has 0 aromatic heterocycles. The summed E-state index contributed by atoms with van der Waals surface area (Å²) in [5, 5.41) is 0.544. The second kappa shape index (κ2) is 8.81. The quantitative estimate of drug-likeness (QED) is 0.682. The highest BCUT2D eigenvalue weighted by atomic mass is 32.2. The molecule has 2 aliphatic rings. The molecule has 2 saturated heterocycles. The Hall–Kier alpha value is -2.32. The smallest absolute Gasteiger partial charge is 0.248 e. The van der Waals surface area contributed by atoms with Gasteiger partial charge in [-0.1, -0.05) is 54.2 Å². The van der Waals surface area contributed by atoms with Crippen LogP contribution in [0.15, 0.2) is 59.6 Å². The maximum absolute atomic E-state index is 12.6. The minimum Gasteiger partial charge on any atom is -0.497 e. The van der Waals surface area contributed by atoms with Gasteiger partial charge in [0.15, 0.2) is 15.0 Å². The van der Waals surface area contributed by atoms with Gasteiger partial charge in [0, 0.05) is 18.2 Å². The van der Waals surface area contributed by atoms with Gasteiger partial charge in [0.05, 0.1) is 24.7 Å². The first-order valence-electron chi connectivity index (χ1n) is 9.85. The lowest BCUT2D eigenvalue weighted by Crippen LogP contribution is -2.37. The highest BCUT2D eigenvalue weighted by Crippen LogP contribution is 2.39.